The number of hydrogen-bond donors (Lipinski definition) is 1. The fourth-order valence-corrected chi connectivity index (χ4v) is 4.20. The number of hydrogen-bond acceptors (Lipinski definition) is 5. The number of fused-ring (bicyclic) bond motifs is 1. The minimum Gasteiger partial charge on any atom is -0.456 e. The summed E-state index contributed by atoms with van der Waals surface area (Å²) in [7, 11) is 0. The molecule has 1 saturated carbocycles. The molecule has 1 aromatic rings. The van der Waals surface area contributed by atoms with Crippen LogP contribution in [0.15, 0.2) is 24.3 Å². The fourth-order valence-electron chi connectivity index (χ4n) is 4.20. The minimum atomic E-state index is -0.604. The largest absolute Gasteiger partial charge is 0.456 e. The minimum absolute atomic E-state index is 0.0161. The predicted octanol–water partition coefficient (Wildman–Crippen LogP) is 3.25. The standard InChI is InChI=1S/C23H30N2O5/c1-3-15(2)16-8-10-17(11-9-16)24-20(26)14-30-21(27)12-13-25-22(28)18-6-4-5-7-19(18)23(25)29/h8-11,15,18-19H,3-7,12-14H2,1-2H3,(H,24,26)/t15-,18-,19-/m0/s1. The van der Waals surface area contributed by atoms with Crippen LogP contribution in [0.4, 0.5) is 5.69 Å². The van der Waals surface area contributed by atoms with Crippen molar-refractivity contribution in [1.82, 2.24) is 4.90 Å². The average Bonchev–Trinajstić information content (AvgIpc) is 3.01. The van der Waals surface area contributed by atoms with E-state index >= 15 is 0 Å². The number of carbonyl (C=O) groups is 4. The van der Waals surface area contributed by atoms with Crippen LogP contribution in [0.3, 0.4) is 0 Å². The quantitative estimate of drug-likeness (QED) is 0.521. The smallest absolute Gasteiger partial charge is 0.308 e. The molecule has 2 aliphatic rings. The van der Waals surface area contributed by atoms with Crippen LogP contribution in [0, 0.1) is 11.8 Å². The van der Waals surface area contributed by atoms with Gasteiger partial charge in [-0.2, -0.15) is 0 Å². The van der Waals surface area contributed by atoms with E-state index in [0.717, 1.165) is 32.1 Å². The van der Waals surface area contributed by atoms with Gasteiger partial charge in [0.1, 0.15) is 0 Å². The Kier molecular flexibility index (Phi) is 7.24. The lowest BCUT2D eigenvalue weighted by Crippen LogP contribution is -2.33. The van der Waals surface area contributed by atoms with Crippen LogP contribution in [0.2, 0.25) is 0 Å². The van der Waals surface area contributed by atoms with Crippen LogP contribution in [-0.4, -0.2) is 41.7 Å². The van der Waals surface area contributed by atoms with Gasteiger partial charge in [0.2, 0.25) is 11.8 Å². The van der Waals surface area contributed by atoms with Gasteiger partial charge in [-0.05, 0) is 42.9 Å². The highest BCUT2D eigenvalue weighted by Gasteiger charge is 2.47. The van der Waals surface area contributed by atoms with E-state index < -0.39 is 18.5 Å². The first-order valence-corrected chi connectivity index (χ1v) is 10.8. The molecule has 0 bridgehead atoms. The first-order valence-electron chi connectivity index (χ1n) is 10.8. The summed E-state index contributed by atoms with van der Waals surface area (Å²) in [6.07, 6.45) is 4.35. The summed E-state index contributed by atoms with van der Waals surface area (Å²) in [5.74, 6) is -1.37. The Morgan fingerprint density at radius 3 is 2.27 bits per heavy atom. The summed E-state index contributed by atoms with van der Waals surface area (Å²) < 4.78 is 5.00. The molecule has 0 radical (unpaired) electrons. The molecule has 1 saturated heterocycles. The third-order valence-corrected chi connectivity index (χ3v) is 6.21. The van der Waals surface area contributed by atoms with Gasteiger partial charge >= 0.3 is 5.97 Å². The maximum Gasteiger partial charge on any atom is 0.308 e. The van der Waals surface area contributed by atoms with Crippen LogP contribution < -0.4 is 5.32 Å². The summed E-state index contributed by atoms with van der Waals surface area (Å²) in [5.41, 5.74) is 1.84. The normalized spacial score (nSPS) is 21.9. The van der Waals surface area contributed by atoms with Crippen molar-refractivity contribution in [3.8, 4) is 0 Å². The molecule has 0 spiro atoms. The number of amides is 3. The monoisotopic (exact) mass is 414 g/mol. The zero-order valence-corrected chi connectivity index (χ0v) is 17.7. The highest BCUT2D eigenvalue weighted by molar-refractivity contribution is 6.05. The van der Waals surface area contributed by atoms with E-state index in [1.807, 2.05) is 24.3 Å². The van der Waals surface area contributed by atoms with Gasteiger partial charge in [0.25, 0.3) is 5.91 Å². The number of ether oxygens (including phenoxy) is 1. The first-order chi connectivity index (χ1) is 14.4. The Morgan fingerprint density at radius 1 is 1.10 bits per heavy atom. The molecular weight excluding hydrogens is 384 g/mol. The third-order valence-electron chi connectivity index (χ3n) is 6.21. The van der Waals surface area contributed by atoms with Gasteiger partial charge in [-0.15, -0.1) is 0 Å². The summed E-state index contributed by atoms with van der Waals surface area (Å²) in [6, 6.07) is 7.59. The Bertz CT molecular complexity index is 780. The lowest BCUT2D eigenvalue weighted by molar-refractivity contribution is -0.148. The molecule has 1 heterocycles. The van der Waals surface area contributed by atoms with Crippen molar-refractivity contribution >= 4 is 29.4 Å². The highest BCUT2D eigenvalue weighted by Crippen LogP contribution is 2.37. The molecule has 7 nitrogen and oxygen atoms in total. The number of imide groups is 1. The van der Waals surface area contributed by atoms with Crippen molar-refractivity contribution in [2.24, 2.45) is 11.8 Å². The number of nitrogens with zero attached hydrogens (tertiary/aromatic N) is 1. The second-order valence-corrected chi connectivity index (χ2v) is 8.22. The molecule has 1 aliphatic heterocycles. The lowest BCUT2D eigenvalue weighted by Gasteiger charge is -2.19. The zero-order chi connectivity index (χ0) is 21.7. The van der Waals surface area contributed by atoms with Gasteiger partial charge in [-0.1, -0.05) is 38.8 Å². The molecule has 1 N–H and O–H groups in total. The van der Waals surface area contributed by atoms with E-state index in [1.54, 1.807) is 0 Å². The van der Waals surface area contributed by atoms with E-state index in [9.17, 15) is 19.2 Å². The third kappa shape index (κ3) is 5.07. The summed E-state index contributed by atoms with van der Waals surface area (Å²) >= 11 is 0. The van der Waals surface area contributed by atoms with E-state index in [2.05, 4.69) is 19.2 Å². The fraction of sp³-hybridized carbons (Fsp3) is 0.565. The molecule has 3 atom stereocenters. The molecule has 1 aromatic carbocycles. The van der Waals surface area contributed by atoms with Crippen LogP contribution in [-0.2, 0) is 23.9 Å². The van der Waals surface area contributed by atoms with E-state index in [1.165, 1.54) is 10.5 Å². The molecule has 1 aliphatic carbocycles. The van der Waals surface area contributed by atoms with Gasteiger partial charge in [-0.3, -0.25) is 24.1 Å². The van der Waals surface area contributed by atoms with Crippen molar-refractivity contribution in [3.05, 3.63) is 29.8 Å². The number of likely N-dealkylation sites (tertiary alicyclic amines) is 1. The van der Waals surface area contributed by atoms with Crippen molar-refractivity contribution in [1.29, 1.82) is 0 Å². The van der Waals surface area contributed by atoms with E-state index in [-0.39, 0.29) is 36.6 Å². The topological polar surface area (TPSA) is 92.8 Å². The number of benzene rings is 1. The van der Waals surface area contributed by atoms with Crippen LogP contribution in [0.1, 0.15) is 63.9 Å². The van der Waals surface area contributed by atoms with Crippen molar-refractivity contribution in [2.75, 3.05) is 18.5 Å². The predicted molar refractivity (Wildman–Crippen MR) is 112 cm³/mol. The SMILES string of the molecule is CC[C@H](C)c1ccc(NC(=O)COC(=O)CCN2C(=O)[C@H]3CCCC[C@@H]3C2=O)cc1. The maximum absolute atomic E-state index is 12.4. The molecule has 3 amide bonds. The Morgan fingerprint density at radius 2 is 1.70 bits per heavy atom. The lowest BCUT2D eigenvalue weighted by atomic mass is 9.81. The first kappa shape index (κ1) is 22.0. The summed E-state index contributed by atoms with van der Waals surface area (Å²) in [5, 5.41) is 2.69. The summed E-state index contributed by atoms with van der Waals surface area (Å²) in [4.78, 5) is 50.0. The number of carbonyl (C=O) groups excluding carboxylic acids is 4. The Labute approximate surface area is 177 Å². The second-order valence-electron chi connectivity index (χ2n) is 8.22. The number of nitrogens with one attached hydrogen (secondary N) is 1. The Balaban J connectivity index is 1.40. The molecule has 2 fully saturated rings. The molecule has 0 unspecified atom stereocenters. The Hall–Kier alpha value is -2.70. The zero-order valence-electron chi connectivity index (χ0n) is 17.7. The molecule has 30 heavy (non-hydrogen) atoms. The van der Waals surface area contributed by atoms with Crippen LogP contribution in [0.25, 0.3) is 0 Å². The molecule has 0 aromatic heterocycles. The number of anilines is 1. The average molecular weight is 415 g/mol. The van der Waals surface area contributed by atoms with Gasteiger partial charge < -0.3 is 10.1 Å². The molecule has 7 heteroatoms. The van der Waals surface area contributed by atoms with Gasteiger partial charge in [0, 0.05) is 12.2 Å². The van der Waals surface area contributed by atoms with Gasteiger partial charge in [-0.25, -0.2) is 0 Å². The van der Waals surface area contributed by atoms with Crippen molar-refractivity contribution in [2.45, 2.75) is 58.3 Å². The maximum atomic E-state index is 12.4. The molecule has 162 valence electrons. The molecular formula is C23H30N2O5. The summed E-state index contributed by atoms with van der Waals surface area (Å²) in [6.45, 7) is 3.88. The van der Waals surface area contributed by atoms with Crippen molar-refractivity contribution in [3.63, 3.8) is 0 Å². The van der Waals surface area contributed by atoms with Crippen molar-refractivity contribution < 1.29 is 23.9 Å². The van der Waals surface area contributed by atoms with E-state index in [4.69, 9.17) is 4.74 Å². The van der Waals surface area contributed by atoms with Gasteiger partial charge in [0.05, 0.1) is 18.3 Å². The van der Waals surface area contributed by atoms with Crippen LogP contribution >= 0.6 is 0 Å². The number of esters is 1. The number of rotatable bonds is 8. The van der Waals surface area contributed by atoms with Crippen LogP contribution in [0.5, 0.6) is 0 Å². The molecule has 3 rings (SSSR count). The highest BCUT2D eigenvalue weighted by atomic mass is 16.5. The van der Waals surface area contributed by atoms with Gasteiger partial charge in [0.15, 0.2) is 6.61 Å². The van der Waals surface area contributed by atoms with E-state index in [0.29, 0.717) is 11.6 Å². The second kappa shape index (κ2) is 9.87.